The number of aryl methyl sites for hydroxylation is 2. The summed E-state index contributed by atoms with van der Waals surface area (Å²) in [6.07, 6.45) is 0.918. The molecule has 0 radical (unpaired) electrons. The number of piperidine rings is 1. The standard InChI is InChI=1S/C20H27ClN2O5/c1-13-12-16(21)14(2)11-15(13)17-18(24)20(5-7-22(27-4)8-6-20)23(19(17)25)28-10-9-26-3/h11-12,17H,5-10H2,1-4H3. The number of nitrogens with zero attached hydrogens (tertiary/aromatic N) is 2. The Labute approximate surface area is 170 Å². The number of ketones is 1. The monoisotopic (exact) mass is 410 g/mol. The second-order valence-corrected chi connectivity index (χ2v) is 7.76. The van der Waals surface area contributed by atoms with Crippen LogP contribution in [0.2, 0.25) is 5.02 Å². The van der Waals surface area contributed by atoms with Gasteiger partial charge in [-0.15, -0.1) is 0 Å². The van der Waals surface area contributed by atoms with Crippen LogP contribution in [-0.4, -0.2) is 67.9 Å². The van der Waals surface area contributed by atoms with Crippen LogP contribution >= 0.6 is 11.6 Å². The predicted octanol–water partition coefficient (Wildman–Crippen LogP) is 2.43. The van der Waals surface area contributed by atoms with E-state index >= 15 is 0 Å². The third-order valence-electron chi connectivity index (χ3n) is 5.73. The van der Waals surface area contributed by atoms with Crippen molar-refractivity contribution >= 4 is 23.3 Å². The van der Waals surface area contributed by atoms with Gasteiger partial charge in [0.1, 0.15) is 11.5 Å². The highest BCUT2D eigenvalue weighted by molar-refractivity contribution is 6.31. The van der Waals surface area contributed by atoms with Crippen LogP contribution in [0, 0.1) is 13.8 Å². The molecule has 2 saturated heterocycles. The Balaban J connectivity index is 1.98. The number of ether oxygens (including phenoxy) is 1. The third kappa shape index (κ3) is 3.57. The third-order valence-corrected chi connectivity index (χ3v) is 6.14. The molecule has 28 heavy (non-hydrogen) atoms. The zero-order valence-corrected chi connectivity index (χ0v) is 17.5. The second-order valence-electron chi connectivity index (χ2n) is 7.36. The summed E-state index contributed by atoms with van der Waals surface area (Å²) in [6, 6.07) is 3.65. The summed E-state index contributed by atoms with van der Waals surface area (Å²) in [5.41, 5.74) is 1.38. The lowest BCUT2D eigenvalue weighted by Gasteiger charge is -2.41. The summed E-state index contributed by atoms with van der Waals surface area (Å²) >= 11 is 6.21. The van der Waals surface area contributed by atoms with Crippen molar-refractivity contribution in [3.63, 3.8) is 0 Å². The molecular weight excluding hydrogens is 384 g/mol. The van der Waals surface area contributed by atoms with E-state index in [1.54, 1.807) is 25.3 Å². The van der Waals surface area contributed by atoms with Crippen molar-refractivity contribution in [3.8, 4) is 0 Å². The Hall–Kier alpha value is -1.51. The van der Waals surface area contributed by atoms with E-state index in [0.29, 0.717) is 43.1 Å². The molecule has 154 valence electrons. The van der Waals surface area contributed by atoms with Gasteiger partial charge >= 0.3 is 0 Å². The van der Waals surface area contributed by atoms with E-state index in [4.69, 9.17) is 26.0 Å². The quantitative estimate of drug-likeness (QED) is 0.530. The fourth-order valence-electron chi connectivity index (χ4n) is 4.08. The normalized spacial score (nSPS) is 22.5. The summed E-state index contributed by atoms with van der Waals surface area (Å²) in [4.78, 5) is 38.0. The molecule has 2 aliphatic rings. The number of methoxy groups -OCH3 is 1. The van der Waals surface area contributed by atoms with Crippen molar-refractivity contribution < 1.29 is 24.0 Å². The molecule has 7 nitrogen and oxygen atoms in total. The van der Waals surface area contributed by atoms with Crippen LogP contribution in [0.3, 0.4) is 0 Å². The van der Waals surface area contributed by atoms with Crippen LogP contribution in [0.5, 0.6) is 0 Å². The van der Waals surface area contributed by atoms with Gasteiger partial charge in [-0.05, 0) is 49.4 Å². The minimum atomic E-state index is -0.982. The number of hydrogen-bond acceptors (Lipinski definition) is 6. The van der Waals surface area contributed by atoms with Gasteiger partial charge in [0.2, 0.25) is 0 Å². The summed E-state index contributed by atoms with van der Waals surface area (Å²) in [7, 11) is 3.17. The lowest BCUT2D eigenvalue weighted by Crippen LogP contribution is -2.56. The molecule has 1 atom stereocenters. The molecule has 0 aromatic heterocycles. The first-order valence-corrected chi connectivity index (χ1v) is 9.79. The number of hydroxylamine groups is 4. The van der Waals surface area contributed by atoms with Gasteiger partial charge in [-0.2, -0.15) is 5.06 Å². The Bertz CT molecular complexity index is 761. The molecule has 3 rings (SSSR count). The van der Waals surface area contributed by atoms with E-state index < -0.39 is 11.5 Å². The first kappa shape index (κ1) is 21.2. The van der Waals surface area contributed by atoms with E-state index in [1.165, 1.54) is 5.06 Å². The fraction of sp³-hybridized carbons (Fsp3) is 0.600. The van der Waals surface area contributed by atoms with Crippen molar-refractivity contribution in [2.24, 2.45) is 0 Å². The molecule has 1 aromatic carbocycles. The summed E-state index contributed by atoms with van der Waals surface area (Å²) < 4.78 is 5.04. The van der Waals surface area contributed by atoms with Gasteiger partial charge in [0.25, 0.3) is 5.91 Å². The summed E-state index contributed by atoms with van der Waals surface area (Å²) in [6.45, 7) is 5.37. The van der Waals surface area contributed by atoms with Gasteiger partial charge in [0, 0.05) is 25.2 Å². The Kier molecular flexibility index (Phi) is 6.41. The number of amides is 1. The van der Waals surface area contributed by atoms with E-state index in [0.717, 1.165) is 11.1 Å². The maximum atomic E-state index is 13.6. The van der Waals surface area contributed by atoms with Gasteiger partial charge in [-0.3, -0.25) is 14.4 Å². The topological polar surface area (TPSA) is 68.3 Å². The van der Waals surface area contributed by atoms with E-state index in [9.17, 15) is 9.59 Å². The van der Waals surface area contributed by atoms with Crippen LogP contribution in [0.25, 0.3) is 0 Å². The zero-order chi connectivity index (χ0) is 20.5. The second kappa shape index (κ2) is 8.47. The molecule has 2 aliphatic heterocycles. The Morgan fingerprint density at radius 3 is 2.39 bits per heavy atom. The lowest BCUT2D eigenvalue weighted by molar-refractivity contribution is -0.232. The molecule has 1 unspecified atom stereocenters. The van der Waals surface area contributed by atoms with Crippen molar-refractivity contribution in [2.75, 3.05) is 40.5 Å². The van der Waals surface area contributed by atoms with Crippen molar-refractivity contribution in [2.45, 2.75) is 38.1 Å². The van der Waals surface area contributed by atoms with Crippen LogP contribution in [-0.2, 0) is 24.0 Å². The van der Waals surface area contributed by atoms with Crippen molar-refractivity contribution in [1.82, 2.24) is 10.1 Å². The number of rotatable bonds is 6. The molecule has 8 heteroatoms. The van der Waals surface area contributed by atoms with Crippen molar-refractivity contribution in [1.29, 1.82) is 0 Å². The predicted molar refractivity (Wildman–Crippen MR) is 104 cm³/mol. The number of carbonyl (C=O) groups is 2. The minimum absolute atomic E-state index is 0.115. The molecule has 0 saturated carbocycles. The highest BCUT2D eigenvalue weighted by Crippen LogP contribution is 2.44. The van der Waals surface area contributed by atoms with E-state index in [1.807, 2.05) is 19.9 Å². The van der Waals surface area contributed by atoms with E-state index in [2.05, 4.69) is 0 Å². The minimum Gasteiger partial charge on any atom is -0.382 e. The first-order valence-electron chi connectivity index (χ1n) is 9.41. The average molecular weight is 411 g/mol. The van der Waals surface area contributed by atoms with Gasteiger partial charge in [-0.25, -0.2) is 5.06 Å². The Morgan fingerprint density at radius 2 is 1.79 bits per heavy atom. The lowest BCUT2D eigenvalue weighted by atomic mass is 9.80. The molecule has 0 N–H and O–H groups in total. The molecule has 2 fully saturated rings. The number of hydrogen-bond donors (Lipinski definition) is 0. The average Bonchev–Trinajstić information content (AvgIpc) is 2.87. The number of halogens is 1. The summed E-state index contributed by atoms with van der Waals surface area (Å²) in [5.74, 6) is -1.32. The highest BCUT2D eigenvalue weighted by atomic mass is 35.5. The molecule has 2 heterocycles. The first-order chi connectivity index (χ1) is 13.4. The summed E-state index contributed by atoms with van der Waals surface area (Å²) in [5, 5.41) is 3.73. The Morgan fingerprint density at radius 1 is 1.11 bits per heavy atom. The molecule has 0 bridgehead atoms. The molecule has 1 amide bonds. The van der Waals surface area contributed by atoms with Gasteiger partial charge in [0.05, 0.1) is 20.3 Å². The zero-order valence-electron chi connectivity index (χ0n) is 16.8. The maximum absolute atomic E-state index is 13.6. The van der Waals surface area contributed by atoms with E-state index in [-0.39, 0.29) is 18.3 Å². The SMILES string of the molecule is COCCON1C(=O)C(c2cc(C)c(Cl)cc2C)C(=O)C12CCN(OC)CC2. The number of benzene rings is 1. The van der Waals surface area contributed by atoms with Crippen molar-refractivity contribution in [3.05, 3.63) is 33.8 Å². The van der Waals surface area contributed by atoms with Gasteiger partial charge in [-0.1, -0.05) is 17.7 Å². The fourth-order valence-corrected chi connectivity index (χ4v) is 4.30. The largest absolute Gasteiger partial charge is 0.382 e. The molecule has 1 aromatic rings. The maximum Gasteiger partial charge on any atom is 0.262 e. The van der Waals surface area contributed by atoms with Crippen LogP contribution in [0.4, 0.5) is 0 Å². The number of Topliss-reactive ketones (excluding diaryl/α,β-unsaturated/α-hetero) is 1. The van der Waals surface area contributed by atoms with Crippen LogP contribution < -0.4 is 0 Å². The molecule has 1 spiro atoms. The van der Waals surface area contributed by atoms with Crippen LogP contribution in [0.1, 0.15) is 35.4 Å². The smallest absolute Gasteiger partial charge is 0.262 e. The molecule has 0 aliphatic carbocycles. The van der Waals surface area contributed by atoms with Gasteiger partial charge < -0.3 is 9.57 Å². The number of carbonyl (C=O) groups excluding carboxylic acids is 2. The van der Waals surface area contributed by atoms with Gasteiger partial charge in [0.15, 0.2) is 5.78 Å². The molecular formula is C20H27ClN2O5. The highest BCUT2D eigenvalue weighted by Gasteiger charge is 2.60. The van der Waals surface area contributed by atoms with Crippen LogP contribution in [0.15, 0.2) is 12.1 Å².